The maximum Gasteiger partial charge on any atom is 0.340 e. The van der Waals surface area contributed by atoms with Crippen molar-refractivity contribution in [3.8, 4) is 6.07 Å². The van der Waals surface area contributed by atoms with E-state index in [0.717, 1.165) is 18.2 Å². The van der Waals surface area contributed by atoms with Crippen LogP contribution in [0.25, 0.3) is 11.0 Å². The van der Waals surface area contributed by atoms with Crippen molar-refractivity contribution in [3.05, 3.63) is 64.6 Å². The van der Waals surface area contributed by atoms with E-state index in [0.29, 0.717) is 11.0 Å². The summed E-state index contributed by atoms with van der Waals surface area (Å²) in [6.07, 6.45) is 0. The largest absolute Gasteiger partial charge is 0.452 e. The van der Waals surface area contributed by atoms with Gasteiger partial charge in [-0.05, 0) is 30.3 Å². The quantitative estimate of drug-likeness (QED) is 0.701. The van der Waals surface area contributed by atoms with Crippen molar-refractivity contribution in [2.45, 2.75) is 0 Å². The second-order valence-electron chi connectivity index (χ2n) is 5.16. The molecule has 0 atom stereocenters. The van der Waals surface area contributed by atoms with Crippen molar-refractivity contribution in [1.29, 1.82) is 5.26 Å². The Morgan fingerprint density at radius 2 is 2.04 bits per heavy atom. The molecule has 26 heavy (non-hydrogen) atoms. The van der Waals surface area contributed by atoms with Gasteiger partial charge >= 0.3 is 5.97 Å². The Morgan fingerprint density at radius 3 is 2.77 bits per heavy atom. The third-order valence-corrected chi connectivity index (χ3v) is 3.76. The first kappa shape index (κ1) is 17.5. The highest BCUT2D eigenvalue weighted by Crippen LogP contribution is 2.30. The summed E-state index contributed by atoms with van der Waals surface area (Å²) < 4.78 is 23.2. The molecule has 0 saturated heterocycles. The van der Waals surface area contributed by atoms with Gasteiger partial charge in [0.15, 0.2) is 6.61 Å². The van der Waals surface area contributed by atoms with Crippen molar-refractivity contribution in [3.63, 3.8) is 0 Å². The first-order chi connectivity index (χ1) is 12.5. The number of fused-ring (bicyclic) bond motifs is 1. The Morgan fingerprint density at radius 1 is 1.27 bits per heavy atom. The normalized spacial score (nSPS) is 10.3. The van der Waals surface area contributed by atoms with E-state index >= 15 is 0 Å². The average molecular weight is 373 g/mol. The molecule has 130 valence electrons. The maximum absolute atomic E-state index is 13.0. The van der Waals surface area contributed by atoms with Crippen LogP contribution in [0.4, 0.5) is 10.1 Å². The Balaban J connectivity index is 1.70. The molecule has 1 heterocycles. The van der Waals surface area contributed by atoms with Crippen LogP contribution in [0.1, 0.15) is 16.1 Å². The molecule has 6 nitrogen and oxygen atoms in total. The monoisotopic (exact) mass is 372 g/mol. The predicted molar refractivity (Wildman–Crippen MR) is 91.3 cm³/mol. The maximum atomic E-state index is 13.0. The summed E-state index contributed by atoms with van der Waals surface area (Å²) in [5, 5.41) is 12.0. The van der Waals surface area contributed by atoms with Crippen molar-refractivity contribution < 1.29 is 23.1 Å². The second kappa shape index (κ2) is 7.25. The highest BCUT2D eigenvalue weighted by molar-refractivity contribution is 6.33. The molecule has 3 rings (SSSR count). The lowest BCUT2D eigenvalue weighted by molar-refractivity contribution is -0.119. The number of carbonyl (C=O) groups excluding carboxylic acids is 2. The molecule has 1 aromatic heterocycles. The van der Waals surface area contributed by atoms with Gasteiger partial charge in [0.25, 0.3) is 5.91 Å². The van der Waals surface area contributed by atoms with Gasteiger partial charge in [0, 0.05) is 5.39 Å². The summed E-state index contributed by atoms with van der Waals surface area (Å²) in [5.41, 5.74) is 0.575. The Kier molecular flexibility index (Phi) is 4.87. The number of ether oxygens (including phenoxy) is 1. The SMILES string of the molecule is N#Cc1oc2ccccc2c1NC(=O)COC(=O)c1ccc(F)cc1Cl. The lowest BCUT2D eigenvalue weighted by Crippen LogP contribution is -2.21. The highest BCUT2D eigenvalue weighted by atomic mass is 35.5. The molecule has 0 aliphatic heterocycles. The number of esters is 1. The molecule has 1 amide bonds. The number of para-hydroxylation sites is 1. The number of nitrogens with zero attached hydrogens (tertiary/aromatic N) is 1. The molecule has 3 aromatic rings. The van der Waals surface area contributed by atoms with Crippen LogP contribution in [0.2, 0.25) is 5.02 Å². The molecule has 0 saturated carbocycles. The number of hydrogen-bond donors (Lipinski definition) is 1. The second-order valence-corrected chi connectivity index (χ2v) is 5.57. The van der Waals surface area contributed by atoms with Crippen molar-refractivity contribution in [1.82, 2.24) is 0 Å². The van der Waals surface area contributed by atoms with E-state index in [9.17, 15) is 14.0 Å². The van der Waals surface area contributed by atoms with E-state index in [-0.39, 0.29) is 22.0 Å². The number of hydrogen-bond acceptors (Lipinski definition) is 5. The van der Waals surface area contributed by atoms with E-state index < -0.39 is 24.3 Å². The van der Waals surface area contributed by atoms with E-state index in [1.165, 1.54) is 0 Å². The minimum atomic E-state index is -0.872. The van der Waals surface area contributed by atoms with E-state index in [4.69, 9.17) is 26.0 Å². The van der Waals surface area contributed by atoms with E-state index in [1.54, 1.807) is 24.3 Å². The van der Waals surface area contributed by atoms with Crippen LogP contribution in [0, 0.1) is 17.1 Å². The van der Waals surface area contributed by atoms with Crippen LogP contribution < -0.4 is 5.32 Å². The van der Waals surface area contributed by atoms with Gasteiger partial charge in [-0.1, -0.05) is 23.7 Å². The van der Waals surface area contributed by atoms with Crippen LogP contribution in [-0.4, -0.2) is 18.5 Å². The molecular weight excluding hydrogens is 363 g/mol. The molecule has 0 unspecified atom stereocenters. The lowest BCUT2D eigenvalue weighted by atomic mass is 10.2. The van der Waals surface area contributed by atoms with Gasteiger partial charge in [-0.3, -0.25) is 4.79 Å². The lowest BCUT2D eigenvalue weighted by Gasteiger charge is -2.07. The number of carbonyl (C=O) groups is 2. The van der Waals surface area contributed by atoms with Gasteiger partial charge in [-0.2, -0.15) is 5.26 Å². The molecular formula is C18H10ClFN2O4. The first-order valence-electron chi connectivity index (χ1n) is 7.33. The third kappa shape index (κ3) is 3.50. The zero-order valence-electron chi connectivity index (χ0n) is 13.1. The van der Waals surface area contributed by atoms with Crippen LogP contribution in [-0.2, 0) is 9.53 Å². The van der Waals surface area contributed by atoms with Gasteiger partial charge in [0.1, 0.15) is 23.2 Å². The fraction of sp³-hybridized carbons (Fsp3) is 0.0556. The Labute approximate surface area is 151 Å². The van der Waals surface area contributed by atoms with Crippen molar-refractivity contribution in [2.75, 3.05) is 11.9 Å². The summed E-state index contributed by atoms with van der Waals surface area (Å²) in [5.74, 6) is -2.20. The zero-order valence-corrected chi connectivity index (χ0v) is 13.8. The molecule has 0 fully saturated rings. The number of benzene rings is 2. The fourth-order valence-electron chi connectivity index (χ4n) is 2.29. The van der Waals surface area contributed by atoms with Gasteiger partial charge < -0.3 is 14.5 Å². The summed E-state index contributed by atoms with van der Waals surface area (Å²) >= 11 is 5.77. The fourth-order valence-corrected chi connectivity index (χ4v) is 2.53. The van der Waals surface area contributed by atoms with Crippen LogP contribution in [0.15, 0.2) is 46.9 Å². The van der Waals surface area contributed by atoms with Crippen LogP contribution in [0.3, 0.4) is 0 Å². The number of rotatable bonds is 4. The molecule has 2 aromatic carbocycles. The third-order valence-electron chi connectivity index (χ3n) is 3.45. The standard InChI is InChI=1S/C18H10ClFN2O4/c19-13-7-10(20)5-6-11(13)18(24)25-9-16(23)22-17-12-3-1-2-4-14(12)26-15(17)8-21/h1-7H,9H2,(H,22,23). The number of halogens is 2. The van der Waals surface area contributed by atoms with Gasteiger partial charge in [0.05, 0.1) is 10.6 Å². The molecule has 0 aliphatic rings. The summed E-state index contributed by atoms with van der Waals surface area (Å²) in [6.45, 7) is -0.614. The summed E-state index contributed by atoms with van der Waals surface area (Å²) in [7, 11) is 0. The molecule has 0 spiro atoms. The van der Waals surface area contributed by atoms with Crippen LogP contribution in [0.5, 0.6) is 0 Å². The topological polar surface area (TPSA) is 92.3 Å². The van der Waals surface area contributed by atoms with Gasteiger partial charge in [0.2, 0.25) is 5.76 Å². The van der Waals surface area contributed by atoms with Crippen molar-refractivity contribution in [2.24, 2.45) is 0 Å². The van der Waals surface area contributed by atoms with Crippen LogP contribution >= 0.6 is 11.6 Å². The minimum Gasteiger partial charge on any atom is -0.452 e. The first-order valence-corrected chi connectivity index (χ1v) is 7.71. The molecule has 1 N–H and O–H groups in total. The predicted octanol–water partition coefficient (Wildman–Crippen LogP) is 3.89. The van der Waals surface area contributed by atoms with Crippen molar-refractivity contribution >= 4 is 40.1 Å². The molecule has 0 radical (unpaired) electrons. The summed E-state index contributed by atoms with van der Waals surface area (Å²) in [6, 6.07) is 11.8. The Hall–Kier alpha value is -3.37. The number of nitrogens with one attached hydrogen (secondary N) is 1. The van der Waals surface area contributed by atoms with Gasteiger partial charge in [-0.25, -0.2) is 9.18 Å². The summed E-state index contributed by atoms with van der Waals surface area (Å²) in [4.78, 5) is 24.0. The zero-order chi connectivity index (χ0) is 18.7. The number of anilines is 1. The Bertz CT molecular complexity index is 1060. The number of nitriles is 1. The van der Waals surface area contributed by atoms with Gasteiger partial charge in [-0.15, -0.1) is 0 Å². The molecule has 0 bridgehead atoms. The molecule has 8 heteroatoms. The number of furan rings is 1. The average Bonchev–Trinajstić information content (AvgIpc) is 2.97. The van der Waals surface area contributed by atoms with E-state index in [2.05, 4.69) is 5.32 Å². The number of amides is 1. The highest BCUT2D eigenvalue weighted by Gasteiger charge is 2.18. The molecule has 0 aliphatic carbocycles. The smallest absolute Gasteiger partial charge is 0.340 e. The van der Waals surface area contributed by atoms with E-state index in [1.807, 2.05) is 6.07 Å². The minimum absolute atomic E-state index is 0.0625.